The molecule has 66 heavy (non-hydrogen) atoms. The molecule has 0 bridgehead atoms. The lowest BCUT2D eigenvalue weighted by atomic mass is 10.1. The molecule has 2 aliphatic rings. The highest BCUT2D eigenvalue weighted by Crippen LogP contribution is 2.51. The van der Waals surface area contributed by atoms with Crippen LogP contribution in [-0.2, 0) is 41.4 Å². The number of nitriles is 1. The maximum absolute atomic E-state index is 16.4. The molecule has 2 saturated heterocycles. The van der Waals surface area contributed by atoms with Gasteiger partial charge in [0.05, 0.1) is 45.0 Å². The van der Waals surface area contributed by atoms with Crippen molar-refractivity contribution in [3.05, 3.63) is 45.8 Å². The van der Waals surface area contributed by atoms with Gasteiger partial charge in [-0.2, -0.15) is 10.2 Å². The van der Waals surface area contributed by atoms with E-state index in [1.807, 2.05) is 6.07 Å². The molecule has 0 spiro atoms. The third-order valence-corrected chi connectivity index (χ3v) is 19.5. The first kappa shape index (κ1) is 49.4. The number of carbonyl (C=O) groups excluding carboxylic acids is 1. The minimum Gasteiger partial charge on any atom is -0.406 e. The highest BCUT2D eigenvalue weighted by molar-refractivity contribution is 7.41. The molecule has 0 saturated carbocycles. The van der Waals surface area contributed by atoms with Crippen molar-refractivity contribution in [3.8, 4) is 6.07 Å². The van der Waals surface area contributed by atoms with Crippen LogP contribution in [0.4, 0.5) is 10.3 Å². The summed E-state index contributed by atoms with van der Waals surface area (Å²) in [5.41, 5.74) is -1.11. The number of fused-ring (bicyclic) bond motifs is 4. The summed E-state index contributed by atoms with van der Waals surface area (Å²) in [6.45, 7) is 14.2. The Labute approximate surface area is 379 Å². The number of alkyl halides is 1. The summed E-state index contributed by atoms with van der Waals surface area (Å²) in [5.74, 6) is -0.889. The molecule has 24 nitrogen and oxygen atoms in total. The Morgan fingerprint density at radius 2 is 1.62 bits per heavy atom. The number of aliphatic hydroxyl groups is 1. The number of ether oxygens (including phenoxy) is 2. The van der Waals surface area contributed by atoms with Crippen LogP contribution >= 0.6 is 16.9 Å². The fourth-order valence-electron chi connectivity index (χ4n) is 8.84. The zero-order valence-corrected chi connectivity index (χ0v) is 40.1. The standard InChI is InChI=1S/C38H52FN11O13P2Si/c1-18(2)31(52)45-37-44-30-25(32(53)46-37)42-16-49(30)35-28(24(39)22(14-51)59-35)62-65(57-13-9-10-40)58-15-23-27(61-64(55)56)29(63-66(19(3)4,20(5)6)21(7)8)36(60-23)50-17-43-26-33(54)47-38-41-11-12-48(38)34(26)50/h11-12,16-24,27-29,35-36,51H,9,13-15H2,1-8H3,(H3-,41,44,45,46,47,52,53,54,55,56)/p+1/t22-,23-,24-,27-,28-,29-,35-,36-,65?/m1/s1. The van der Waals surface area contributed by atoms with Gasteiger partial charge < -0.3 is 32.6 Å². The number of aromatic amines is 2. The average Bonchev–Trinajstić information content (AvgIpc) is 4.09. The lowest BCUT2D eigenvalue weighted by molar-refractivity contribution is -0.118. The summed E-state index contributed by atoms with van der Waals surface area (Å²) in [5, 5.41) is 22.0. The van der Waals surface area contributed by atoms with Crippen molar-refractivity contribution in [3.63, 3.8) is 0 Å². The first-order valence-corrected chi connectivity index (χ1v) is 25.6. The Bertz CT molecular complexity index is 2680. The summed E-state index contributed by atoms with van der Waals surface area (Å²) < 4.78 is 77.5. The number of anilines is 1. The van der Waals surface area contributed by atoms with Crippen molar-refractivity contribution in [1.29, 1.82) is 5.26 Å². The second-order valence-corrected chi connectivity index (χ2v) is 24.3. The SMILES string of the molecule is CC(C)C(=O)Nc1nc2c(ncn2[C@@H]2O[C@H](CO)[C@@H](F)[C@H]2OP(OCCC#N)OC[C@H]2O[C@@H](n3cnc4c(=O)[nH]c5nccn5c43)[C@H](O[Si](C(C)C)(C(C)C)C(C)C)[C@@H]2O[P+](=O)O)c(=O)[nH]1. The molecule has 2 fully saturated rings. The predicted octanol–water partition coefficient (Wildman–Crippen LogP) is 4.38. The van der Waals surface area contributed by atoms with Gasteiger partial charge in [-0.1, -0.05) is 55.4 Å². The Balaban J connectivity index is 1.25. The minimum absolute atomic E-state index is 0.0269. The highest BCUT2D eigenvalue weighted by atomic mass is 31.2. The van der Waals surface area contributed by atoms with Crippen LogP contribution in [0.2, 0.25) is 16.6 Å². The van der Waals surface area contributed by atoms with Gasteiger partial charge in [0.2, 0.25) is 26.0 Å². The van der Waals surface area contributed by atoms with Crippen LogP contribution < -0.4 is 16.4 Å². The largest absolute Gasteiger partial charge is 0.695 e. The summed E-state index contributed by atoms with van der Waals surface area (Å²) in [7, 11) is -8.83. The quantitative estimate of drug-likeness (QED) is 0.0410. The van der Waals surface area contributed by atoms with E-state index in [-0.39, 0.29) is 63.7 Å². The molecule has 0 radical (unpaired) electrons. The summed E-state index contributed by atoms with van der Waals surface area (Å²) in [6.07, 6.45) is -5.82. The summed E-state index contributed by atoms with van der Waals surface area (Å²) in [6, 6.07) is 1.96. The van der Waals surface area contributed by atoms with Gasteiger partial charge in [-0.05, 0) is 16.6 Å². The summed E-state index contributed by atoms with van der Waals surface area (Å²) >= 11 is 0. The van der Waals surface area contributed by atoms with E-state index >= 15 is 4.39 Å². The number of halogens is 1. The van der Waals surface area contributed by atoms with Crippen LogP contribution in [0, 0.1) is 17.2 Å². The Kier molecular flexibility index (Phi) is 15.3. The van der Waals surface area contributed by atoms with Crippen molar-refractivity contribution >= 4 is 65.1 Å². The zero-order chi connectivity index (χ0) is 47.8. The number of rotatable bonds is 20. The van der Waals surface area contributed by atoms with E-state index < -0.39 is 110 Å². The van der Waals surface area contributed by atoms with E-state index in [0.717, 1.165) is 0 Å². The fraction of sp³-hybridized carbons (Fsp3) is 0.632. The molecule has 7 heterocycles. The van der Waals surface area contributed by atoms with Gasteiger partial charge in [-0.3, -0.25) is 43.2 Å². The number of nitrogens with zero attached hydrogens (tertiary/aromatic N) is 8. The molecule has 5 aromatic heterocycles. The number of nitrogens with one attached hydrogen (secondary N) is 3. The lowest BCUT2D eigenvalue weighted by Crippen LogP contribution is -2.53. The van der Waals surface area contributed by atoms with Gasteiger partial charge in [0.15, 0.2) is 47.1 Å². The van der Waals surface area contributed by atoms with Gasteiger partial charge in [0.1, 0.15) is 24.4 Å². The van der Waals surface area contributed by atoms with Crippen LogP contribution in [0.25, 0.3) is 28.1 Å². The van der Waals surface area contributed by atoms with Crippen molar-refractivity contribution < 1.29 is 55.7 Å². The van der Waals surface area contributed by atoms with E-state index in [1.165, 1.54) is 23.4 Å². The average molecular weight is 981 g/mol. The van der Waals surface area contributed by atoms with E-state index in [4.69, 9.17) is 32.0 Å². The number of aromatic nitrogens is 9. The Morgan fingerprint density at radius 1 is 0.970 bits per heavy atom. The monoisotopic (exact) mass is 980 g/mol. The lowest BCUT2D eigenvalue weighted by Gasteiger charge is -2.45. The molecular formula is C38H53FN11O13P2Si+. The Morgan fingerprint density at radius 3 is 2.27 bits per heavy atom. The Hall–Kier alpha value is -4.48. The molecule has 0 aliphatic carbocycles. The van der Waals surface area contributed by atoms with Crippen LogP contribution in [0.5, 0.6) is 0 Å². The van der Waals surface area contributed by atoms with Crippen LogP contribution in [0.3, 0.4) is 0 Å². The highest BCUT2D eigenvalue weighted by Gasteiger charge is 2.58. The number of hydrogen-bond donors (Lipinski definition) is 5. The molecular weight excluding hydrogens is 928 g/mol. The van der Waals surface area contributed by atoms with E-state index in [9.17, 15) is 34.2 Å². The van der Waals surface area contributed by atoms with E-state index in [2.05, 4.69) is 76.8 Å². The van der Waals surface area contributed by atoms with E-state index in [1.54, 1.807) is 29.0 Å². The van der Waals surface area contributed by atoms with Gasteiger partial charge in [-0.25, -0.2) is 19.3 Å². The van der Waals surface area contributed by atoms with Crippen molar-refractivity contribution in [2.75, 3.05) is 25.1 Å². The normalized spacial score (nSPS) is 24.5. The van der Waals surface area contributed by atoms with Crippen LogP contribution in [0.1, 0.15) is 74.3 Å². The van der Waals surface area contributed by atoms with Crippen LogP contribution in [-0.4, -0.2) is 124 Å². The third kappa shape index (κ3) is 9.49. The van der Waals surface area contributed by atoms with Gasteiger partial charge >= 0.3 is 16.9 Å². The van der Waals surface area contributed by atoms with E-state index in [0.29, 0.717) is 0 Å². The van der Waals surface area contributed by atoms with Crippen molar-refractivity contribution in [1.82, 2.24) is 43.4 Å². The van der Waals surface area contributed by atoms with Crippen molar-refractivity contribution in [2.24, 2.45) is 5.92 Å². The topological polar surface area (TPSA) is 307 Å². The predicted molar refractivity (Wildman–Crippen MR) is 235 cm³/mol. The molecule has 2 unspecified atom stereocenters. The smallest absolute Gasteiger partial charge is 0.406 e. The number of imidazole rings is 3. The second-order valence-electron chi connectivity index (χ2n) is 17.1. The van der Waals surface area contributed by atoms with Gasteiger partial charge in [-0.15, -0.1) is 9.42 Å². The van der Waals surface area contributed by atoms with Gasteiger partial charge in [0.25, 0.3) is 11.1 Å². The number of hydrogen-bond acceptors (Lipinski definition) is 17. The molecule has 7 rings (SSSR count). The third-order valence-electron chi connectivity index (χ3n) is 11.8. The first-order chi connectivity index (χ1) is 31.4. The summed E-state index contributed by atoms with van der Waals surface area (Å²) in [4.78, 5) is 71.4. The molecule has 28 heteroatoms. The molecule has 1 amide bonds. The molecule has 10 atom stereocenters. The minimum atomic E-state index is -3.30. The molecule has 5 aromatic rings. The number of carbonyl (C=O) groups is 1. The maximum atomic E-state index is 16.4. The maximum Gasteiger partial charge on any atom is 0.695 e. The number of aliphatic hydroxyl groups excluding tert-OH is 1. The molecule has 2 aliphatic heterocycles. The number of H-pyrrole nitrogens is 2. The fourth-order valence-corrected chi connectivity index (χ4v) is 16.0. The second kappa shape index (κ2) is 20.4. The van der Waals surface area contributed by atoms with Gasteiger partial charge in [0, 0.05) is 22.9 Å². The first-order valence-electron chi connectivity index (χ1n) is 21.3. The van der Waals surface area contributed by atoms with Crippen molar-refractivity contribution in [2.45, 2.75) is 128 Å². The molecule has 0 aromatic carbocycles. The van der Waals surface area contributed by atoms with Crippen LogP contribution in [0.15, 0.2) is 34.6 Å². The zero-order valence-electron chi connectivity index (χ0n) is 37.3. The number of amides is 1. The molecule has 358 valence electrons. The molecule has 5 N–H and O–H groups in total.